The number of nitrogens with zero attached hydrogens (tertiary/aromatic N) is 2. The molecule has 0 aliphatic carbocycles. The van der Waals surface area contributed by atoms with Crippen molar-refractivity contribution in [1.82, 2.24) is 9.88 Å². The molecule has 2 heterocycles. The summed E-state index contributed by atoms with van der Waals surface area (Å²) in [7, 11) is 1.68. The molecule has 1 saturated heterocycles. The van der Waals surface area contributed by atoms with Crippen LogP contribution in [-0.2, 0) is 13.8 Å². The van der Waals surface area contributed by atoms with E-state index in [1.165, 1.54) is 11.3 Å². The van der Waals surface area contributed by atoms with Gasteiger partial charge in [-0.05, 0) is 13.8 Å². The van der Waals surface area contributed by atoms with E-state index < -0.39 is 9.05 Å². The normalized spacial score (nSPS) is 21.9. The number of aromatic nitrogens is 1. The van der Waals surface area contributed by atoms with Gasteiger partial charge in [-0.25, -0.2) is 13.4 Å². The smallest absolute Gasteiger partial charge is 0.232 e. The van der Waals surface area contributed by atoms with Gasteiger partial charge in [-0.1, -0.05) is 0 Å². The van der Waals surface area contributed by atoms with Gasteiger partial charge in [0.25, 0.3) is 0 Å². The van der Waals surface area contributed by atoms with E-state index in [9.17, 15) is 13.2 Å². The zero-order valence-electron chi connectivity index (χ0n) is 10.7. The summed E-state index contributed by atoms with van der Waals surface area (Å²) >= 11 is 1.51. The fourth-order valence-electron chi connectivity index (χ4n) is 2.27. The predicted molar refractivity (Wildman–Crippen MR) is 74.7 cm³/mol. The number of halogens is 1. The molecule has 1 aromatic rings. The molecule has 1 aromatic heterocycles. The number of hydrogen-bond donors (Lipinski definition) is 0. The second kappa shape index (κ2) is 5.38. The summed E-state index contributed by atoms with van der Waals surface area (Å²) in [6.45, 7) is 4.24. The maximum Gasteiger partial charge on any atom is 0.232 e. The van der Waals surface area contributed by atoms with Gasteiger partial charge in [0, 0.05) is 40.6 Å². The largest absolute Gasteiger partial charge is 0.333 e. The minimum absolute atomic E-state index is 0.0364. The molecule has 2 rings (SSSR count). The topological polar surface area (TPSA) is 67.3 Å². The van der Waals surface area contributed by atoms with E-state index in [2.05, 4.69) is 4.98 Å². The van der Waals surface area contributed by atoms with Crippen LogP contribution in [0.3, 0.4) is 0 Å². The Balaban J connectivity index is 2.08. The van der Waals surface area contributed by atoms with Crippen LogP contribution in [0.15, 0.2) is 5.38 Å². The summed E-state index contributed by atoms with van der Waals surface area (Å²) < 4.78 is 22.1. The maximum absolute atomic E-state index is 12.0. The van der Waals surface area contributed by atoms with Gasteiger partial charge in [0.1, 0.15) is 5.01 Å². The van der Waals surface area contributed by atoms with Crippen LogP contribution >= 0.6 is 22.0 Å². The molecule has 8 heteroatoms. The van der Waals surface area contributed by atoms with Crippen LogP contribution in [0.1, 0.15) is 30.1 Å². The maximum atomic E-state index is 12.0. The van der Waals surface area contributed by atoms with Crippen LogP contribution in [0.2, 0.25) is 0 Å². The van der Waals surface area contributed by atoms with E-state index in [1.807, 2.05) is 19.2 Å². The number of thiazole rings is 1. The molecule has 2 atom stereocenters. The Hall–Kier alpha value is -0.660. The third-order valence-electron chi connectivity index (χ3n) is 3.13. The number of rotatable bonds is 4. The lowest BCUT2D eigenvalue weighted by Crippen LogP contribution is -2.29. The third kappa shape index (κ3) is 3.67. The van der Waals surface area contributed by atoms with Crippen molar-refractivity contribution in [3.05, 3.63) is 16.1 Å². The van der Waals surface area contributed by atoms with E-state index in [1.54, 1.807) is 4.90 Å². The molecule has 1 aliphatic heterocycles. The summed E-state index contributed by atoms with van der Waals surface area (Å²) in [4.78, 5) is 18.0. The number of carbonyl (C=O) groups excluding carboxylic acids is 1. The van der Waals surface area contributed by atoms with Crippen molar-refractivity contribution in [1.29, 1.82) is 0 Å². The molecule has 0 spiro atoms. The first kappa shape index (κ1) is 14.7. The molecule has 5 nitrogen and oxygen atoms in total. The molecular weight excluding hydrogens is 308 g/mol. The number of hydrogen-bond acceptors (Lipinski definition) is 5. The van der Waals surface area contributed by atoms with Crippen molar-refractivity contribution in [2.24, 2.45) is 5.92 Å². The van der Waals surface area contributed by atoms with E-state index >= 15 is 0 Å². The molecule has 0 aromatic carbocycles. The average molecular weight is 323 g/mol. The Morgan fingerprint density at radius 3 is 2.84 bits per heavy atom. The zero-order chi connectivity index (χ0) is 14.2. The van der Waals surface area contributed by atoms with Crippen molar-refractivity contribution < 1.29 is 13.2 Å². The number of likely N-dealkylation sites (tertiary alicyclic amines) is 1. The molecule has 0 bridgehead atoms. The third-order valence-corrected chi connectivity index (χ3v) is 5.52. The summed E-state index contributed by atoms with van der Waals surface area (Å²) in [5.74, 6) is -0.412. The van der Waals surface area contributed by atoms with Crippen molar-refractivity contribution in [2.75, 3.05) is 12.3 Å². The zero-order valence-corrected chi connectivity index (χ0v) is 13.1. The van der Waals surface area contributed by atoms with Crippen LogP contribution in [-0.4, -0.2) is 36.5 Å². The minimum atomic E-state index is -3.56. The average Bonchev–Trinajstić information content (AvgIpc) is 2.82. The lowest BCUT2D eigenvalue weighted by molar-refractivity contribution is -0.129. The van der Waals surface area contributed by atoms with E-state index in [0.717, 1.165) is 10.7 Å². The second-order valence-corrected chi connectivity index (χ2v) is 8.54. The van der Waals surface area contributed by atoms with E-state index in [4.69, 9.17) is 10.7 Å². The quantitative estimate of drug-likeness (QED) is 0.794. The highest BCUT2D eigenvalue weighted by Gasteiger charge is 2.35. The van der Waals surface area contributed by atoms with Crippen LogP contribution in [0.4, 0.5) is 0 Å². The van der Waals surface area contributed by atoms with E-state index in [-0.39, 0.29) is 30.0 Å². The van der Waals surface area contributed by atoms with Gasteiger partial charge >= 0.3 is 0 Å². The second-order valence-electron chi connectivity index (χ2n) is 4.82. The van der Waals surface area contributed by atoms with Crippen molar-refractivity contribution >= 4 is 37.0 Å². The Labute approximate surface area is 121 Å². The molecule has 0 N–H and O–H groups in total. The van der Waals surface area contributed by atoms with Gasteiger partial charge in [-0.3, -0.25) is 4.79 Å². The standard InChI is InChI=1S/C11H15ClN2O3S2/c1-7-5-18-11(13-7)8(2)14-4-9(3-10(14)15)6-19(12,16)17/h5,8-9H,3-4,6H2,1-2H3. The summed E-state index contributed by atoms with van der Waals surface area (Å²) in [6, 6.07) is -0.116. The SMILES string of the molecule is Cc1csc(C(C)N2CC(CS(=O)(=O)Cl)CC2=O)n1. The first-order chi connectivity index (χ1) is 8.76. The highest BCUT2D eigenvalue weighted by Crippen LogP contribution is 2.30. The highest BCUT2D eigenvalue weighted by molar-refractivity contribution is 8.13. The van der Waals surface area contributed by atoms with E-state index in [0.29, 0.717) is 6.54 Å². The first-order valence-electron chi connectivity index (χ1n) is 5.90. The van der Waals surface area contributed by atoms with Crippen molar-refractivity contribution in [3.8, 4) is 0 Å². The molecule has 0 radical (unpaired) electrons. The molecule has 2 unspecified atom stereocenters. The van der Waals surface area contributed by atoms with Gasteiger partial charge in [0.15, 0.2) is 0 Å². The van der Waals surface area contributed by atoms with Crippen LogP contribution in [0.5, 0.6) is 0 Å². The molecule has 1 amide bonds. The van der Waals surface area contributed by atoms with Crippen LogP contribution in [0.25, 0.3) is 0 Å². The molecule has 106 valence electrons. The van der Waals surface area contributed by atoms with Gasteiger partial charge < -0.3 is 4.90 Å². The van der Waals surface area contributed by atoms with Crippen molar-refractivity contribution in [3.63, 3.8) is 0 Å². The fourth-order valence-corrected chi connectivity index (χ4v) is 4.46. The summed E-state index contributed by atoms with van der Waals surface area (Å²) in [5.41, 5.74) is 0.929. The number of carbonyl (C=O) groups is 1. The highest BCUT2D eigenvalue weighted by atomic mass is 35.7. The Kier molecular flexibility index (Phi) is 4.17. The lowest BCUT2D eigenvalue weighted by Gasteiger charge is -2.22. The van der Waals surface area contributed by atoms with Crippen molar-refractivity contribution in [2.45, 2.75) is 26.3 Å². The lowest BCUT2D eigenvalue weighted by atomic mass is 10.1. The fraction of sp³-hybridized carbons (Fsp3) is 0.636. The molecule has 0 saturated carbocycles. The van der Waals surface area contributed by atoms with Crippen LogP contribution < -0.4 is 0 Å². The van der Waals surface area contributed by atoms with Gasteiger partial charge in [0.05, 0.1) is 11.8 Å². The number of aryl methyl sites for hydroxylation is 1. The van der Waals surface area contributed by atoms with Gasteiger partial charge in [-0.2, -0.15) is 0 Å². The minimum Gasteiger partial charge on any atom is -0.333 e. The molecule has 1 fully saturated rings. The van der Waals surface area contributed by atoms with Gasteiger partial charge in [0.2, 0.25) is 15.0 Å². The molecule has 19 heavy (non-hydrogen) atoms. The Morgan fingerprint density at radius 2 is 2.32 bits per heavy atom. The molecular formula is C11H15ClN2O3S2. The monoisotopic (exact) mass is 322 g/mol. The predicted octanol–water partition coefficient (Wildman–Crippen LogP) is 1.93. The Morgan fingerprint density at radius 1 is 1.63 bits per heavy atom. The number of amides is 1. The summed E-state index contributed by atoms with van der Waals surface area (Å²) in [5, 5.41) is 2.81. The Bertz CT molecular complexity index is 585. The van der Waals surface area contributed by atoms with Gasteiger partial charge in [-0.15, -0.1) is 11.3 Å². The summed E-state index contributed by atoms with van der Waals surface area (Å²) in [6.07, 6.45) is 0.237. The first-order valence-corrected chi connectivity index (χ1v) is 9.26. The van der Waals surface area contributed by atoms with Crippen LogP contribution in [0, 0.1) is 12.8 Å². The molecule has 1 aliphatic rings.